The Morgan fingerprint density at radius 1 is 1.41 bits per heavy atom. The minimum absolute atomic E-state index is 0. The predicted octanol–water partition coefficient (Wildman–Crippen LogP) is 1.99. The lowest BCUT2D eigenvalue weighted by atomic mass is 10.1. The Balaban J connectivity index is 0.00000176. The van der Waals surface area contributed by atoms with Crippen LogP contribution in [0, 0.1) is 0 Å². The van der Waals surface area contributed by atoms with Crippen molar-refractivity contribution >= 4 is 18.1 Å². The number of hydrogen-bond acceptors (Lipinski definition) is 5. The molecule has 0 bridgehead atoms. The van der Waals surface area contributed by atoms with E-state index in [2.05, 4.69) is 10.3 Å². The maximum absolute atomic E-state index is 5.90. The van der Waals surface area contributed by atoms with Crippen LogP contribution < -0.4 is 10.5 Å². The Labute approximate surface area is 135 Å². The number of benzene rings is 1. The van der Waals surface area contributed by atoms with Crippen molar-refractivity contribution in [2.24, 2.45) is 17.9 Å². The summed E-state index contributed by atoms with van der Waals surface area (Å²) < 4.78 is 7.67. The molecular weight excluding hydrogens is 304 g/mol. The van der Waals surface area contributed by atoms with Gasteiger partial charge in [-0.05, 0) is 6.07 Å². The van der Waals surface area contributed by atoms with Gasteiger partial charge in [-0.3, -0.25) is 4.68 Å². The number of ether oxygens (including phenoxy) is 1. The molecule has 2 N–H and O–H groups in total. The van der Waals surface area contributed by atoms with E-state index < -0.39 is 0 Å². The molecule has 0 amide bonds. The summed E-state index contributed by atoms with van der Waals surface area (Å²) in [6, 6.07) is 7.90. The van der Waals surface area contributed by atoms with Crippen LogP contribution in [0.3, 0.4) is 0 Å². The van der Waals surface area contributed by atoms with Crippen molar-refractivity contribution in [2.75, 3.05) is 13.2 Å². The topological polar surface area (TPSA) is 74.7 Å². The number of rotatable bonds is 5. The molecule has 3 rings (SSSR count). The smallest absolute Gasteiger partial charge is 0.166 e. The summed E-state index contributed by atoms with van der Waals surface area (Å²) in [4.78, 5) is 5.29. The molecule has 0 spiro atoms. The van der Waals surface area contributed by atoms with Crippen molar-refractivity contribution in [3.63, 3.8) is 0 Å². The maximum atomic E-state index is 5.90. The second-order valence-electron chi connectivity index (χ2n) is 5.00. The van der Waals surface area contributed by atoms with Gasteiger partial charge >= 0.3 is 0 Å². The van der Waals surface area contributed by atoms with Gasteiger partial charge in [-0.25, -0.2) is 0 Å². The van der Waals surface area contributed by atoms with Crippen LogP contribution >= 0.6 is 12.4 Å². The Kier molecular flexibility index (Phi) is 5.41. The van der Waals surface area contributed by atoms with E-state index in [0.717, 1.165) is 29.0 Å². The van der Waals surface area contributed by atoms with Crippen LogP contribution in [0.4, 0.5) is 0 Å². The summed E-state index contributed by atoms with van der Waals surface area (Å²) >= 11 is 0. The molecule has 1 atom stereocenters. The van der Waals surface area contributed by atoms with E-state index in [-0.39, 0.29) is 18.5 Å². The first-order valence-electron chi connectivity index (χ1n) is 6.88. The summed E-state index contributed by atoms with van der Waals surface area (Å²) in [6.45, 7) is 0.882. The van der Waals surface area contributed by atoms with Crippen molar-refractivity contribution in [3.8, 4) is 16.9 Å². The van der Waals surface area contributed by atoms with E-state index in [1.54, 1.807) is 4.68 Å². The van der Waals surface area contributed by atoms with Crippen molar-refractivity contribution in [2.45, 2.75) is 12.5 Å². The number of para-hydroxylation sites is 1. The third-order valence-electron chi connectivity index (χ3n) is 3.36. The molecule has 2 aromatic rings. The molecule has 0 saturated carbocycles. The lowest BCUT2D eigenvalue weighted by molar-refractivity contribution is 0.0472. The number of aryl methyl sites for hydroxylation is 1. The number of nitrogens with zero attached hydrogens (tertiary/aromatic N) is 3. The summed E-state index contributed by atoms with van der Waals surface area (Å²) in [5.41, 5.74) is 8.47. The highest BCUT2D eigenvalue weighted by atomic mass is 35.5. The predicted molar refractivity (Wildman–Crippen MR) is 87.4 cm³/mol. The highest BCUT2D eigenvalue weighted by molar-refractivity contribution is 5.87. The summed E-state index contributed by atoms with van der Waals surface area (Å²) in [5.74, 6) is 0.815. The maximum Gasteiger partial charge on any atom is 0.166 e. The molecule has 1 unspecified atom stereocenters. The van der Waals surface area contributed by atoms with Crippen LogP contribution in [0.5, 0.6) is 5.75 Å². The van der Waals surface area contributed by atoms with E-state index >= 15 is 0 Å². The Morgan fingerprint density at radius 2 is 2.23 bits per heavy atom. The Hall–Kier alpha value is -2.05. The molecule has 1 aromatic carbocycles. The van der Waals surface area contributed by atoms with Gasteiger partial charge in [0.05, 0.1) is 11.9 Å². The van der Waals surface area contributed by atoms with Gasteiger partial charge in [0.2, 0.25) is 0 Å². The van der Waals surface area contributed by atoms with Gasteiger partial charge in [-0.2, -0.15) is 5.10 Å². The second-order valence-corrected chi connectivity index (χ2v) is 5.00. The van der Waals surface area contributed by atoms with Crippen LogP contribution in [-0.4, -0.2) is 34.7 Å². The van der Waals surface area contributed by atoms with Gasteiger partial charge < -0.3 is 15.3 Å². The number of hydrogen-bond donors (Lipinski definition) is 1. The van der Waals surface area contributed by atoms with Gasteiger partial charge in [0, 0.05) is 37.3 Å². The summed E-state index contributed by atoms with van der Waals surface area (Å²) in [5, 5.41) is 8.13. The molecule has 7 heteroatoms. The lowest BCUT2D eigenvalue weighted by Crippen LogP contribution is -2.20. The molecule has 0 fully saturated rings. The SMILES string of the molecule is Cl.Cn1cc(-c2ccccc2OCC2CC(CN)=NO2)cn1. The minimum atomic E-state index is -0.0643. The van der Waals surface area contributed by atoms with Crippen LogP contribution in [0.25, 0.3) is 11.1 Å². The fraction of sp³-hybridized carbons (Fsp3) is 0.333. The van der Waals surface area contributed by atoms with E-state index in [1.165, 1.54) is 0 Å². The molecule has 1 aromatic heterocycles. The molecule has 0 radical (unpaired) electrons. The van der Waals surface area contributed by atoms with Gasteiger partial charge in [0.25, 0.3) is 0 Å². The third-order valence-corrected chi connectivity index (χ3v) is 3.36. The van der Waals surface area contributed by atoms with Gasteiger partial charge in [0.15, 0.2) is 6.10 Å². The van der Waals surface area contributed by atoms with Gasteiger partial charge in [-0.15, -0.1) is 12.4 Å². The Morgan fingerprint density at radius 3 is 2.91 bits per heavy atom. The average Bonchev–Trinajstić information content (AvgIpc) is 3.14. The first kappa shape index (κ1) is 16.3. The lowest BCUT2D eigenvalue weighted by Gasteiger charge is -2.13. The quantitative estimate of drug-likeness (QED) is 0.913. The molecule has 22 heavy (non-hydrogen) atoms. The summed E-state index contributed by atoms with van der Waals surface area (Å²) in [7, 11) is 1.89. The molecule has 0 aliphatic carbocycles. The van der Waals surface area contributed by atoms with E-state index in [1.807, 2.05) is 43.7 Å². The molecule has 2 heterocycles. The zero-order valence-electron chi connectivity index (χ0n) is 12.3. The molecule has 118 valence electrons. The van der Waals surface area contributed by atoms with Crippen molar-refractivity contribution < 1.29 is 9.57 Å². The third kappa shape index (κ3) is 3.58. The van der Waals surface area contributed by atoms with Gasteiger partial charge in [-0.1, -0.05) is 23.4 Å². The zero-order valence-corrected chi connectivity index (χ0v) is 13.1. The van der Waals surface area contributed by atoms with Crippen molar-refractivity contribution in [1.29, 1.82) is 0 Å². The zero-order chi connectivity index (χ0) is 14.7. The minimum Gasteiger partial charge on any atom is -0.489 e. The normalized spacial score (nSPS) is 16.6. The second kappa shape index (κ2) is 7.29. The number of aromatic nitrogens is 2. The Bertz CT molecular complexity index is 656. The van der Waals surface area contributed by atoms with E-state index in [0.29, 0.717) is 13.2 Å². The van der Waals surface area contributed by atoms with Crippen molar-refractivity contribution in [1.82, 2.24) is 9.78 Å². The molecule has 1 aliphatic rings. The standard InChI is InChI=1S/C15H18N4O2.ClH/c1-19-9-11(8-17-19)14-4-2-3-5-15(14)20-10-13-6-12(7-16)18-21-13;/h2-5,8-9,13H,6-7,10,16H2,1H3;1H. The first-order chi connectivity index (χ1) is 10.3. The van der Waals surface area contributed by atoms with Crippen LogP contribution in [0.2, 0.25) is 0 Å². The van der Waals surface area contributed by atoms with E-state index in [4.69, 9.17) is 15.3 Å². The summed E-state index contributed by atoms with van der Waals surface area (Å²) in [6.07, 6.45) is 4.45. The largest absolute Gasteiger partial charge is 0.489 e. The van der Waals surface area contributed by atoms with Crippen LogP contribution in [-0.2, 0) is 11.9 Å². The highest BCUT2D eigenvalue weighted by Crippen LogP contribution is 2.29. The highest BCUT2D eigenvalue weighted by Gasteiger charge is 2.21. The number of nitrogens with two attached hydrogens (primary N) is 1. The van der Waals surface area contributed by atoms with Crippen LogP contribution in [0.1, 0.15) is 6.42 Å². The molecular formula is C15H19ClN4O2. The van der Waals surface area contributed by atoms with Gasteiger partial charge in [0.1, 0.15) is 12.4 Å². The fourth-order valence-electron chi connectivity index (χ4n) is 2.27. The monoisotopic (exact) mass is 322 g/mol. The molecule has 1 aliphatic heterocycles. The number of oxime groups is 1. The average molecular weight is 323 g/mol. The molecule has 0 saturated heterocycles. The van der Waals surface area contributed by atoms with E-state index in [9.17, 15) is 0 Å². The number of halogens is 1. The van der Waals surface area contributed by atoms with Crippen molar-refractivity contribution in [3.05, 3.63) is 36.7 Å². The fourth-order valence-corrected chi connectivity index (χ4v) is 2.27. The van der Waals surface area contributed by atoms with Crippen LogP contribution in [0.15, 0.2) is 41.8 Å². The molecule has 6 nitrogen and oxygen atoms in total. The first-order valence-corrected chi connectivity index (χ1v) is 6.88.